The summed E-state index contributed by atoms with van der Waals surface area (Å²) in [5, 5.41) is 6.73. The average Bonchev–Trinajstić information content (AvgIpc) is 2.68. The minimum Gasteiger partial charge on any atom is -0.326 e. The molecule has 0 aromatic heterocycles. The summed E-state index contributed by atoms with van der Waals surface area (Å²) < 4.78 is 0. The van der Waals surface area contributed by atoms with Crippen LogP contribution in [0, 0.1) is 6.92 Å². The molecule has 2 aromatic carbocycles. The Morgan fingerprint density at radius 2 is 1.59 bits per heavy atom. The summed E-state index contributed by atoms with van der Waals surface area (Å²) in [5.41, 5.74) is 7.60. The van der Waals surface area contributed by atoms with Gasteiger partial charge in [-0.25, -0.2) is 5.43 Å². The van der Waals surface area contributed by atoms with Crippen LogP contribution in [0.1, 0.15) is 56.2 Å². The first-order valence-corrected chi connectivity index (χ1v) is 9.80. The Hall–Kier alpha value is -3.21. The maximum Gasteiger partial charge on any atom is 0.240 e. The van der Waals surface area contributed by atoms with Crippen LogP contribution in [0.2, 0.25) is 0 Å². The van der Waals surface area contributed by atoms with Gasteiger partial charge in [-0.3, -0.25) is 9.59 Å². The Morgan fingerprint density at radius 3 is 2.21 bits per heavy atom. The fourth-order valence-corrected chi connectivity index (χ4v) is 2.63. The van der Waals surface area contributed by atoms with Gasteiger partial charge in [-0.15, -0.1) is 0 Å². The number of nitrogens with zero attached hydrogens (tertiary/aromatic N) is 1. The van der Waals surface area contributed by atoms with Crippen LogP contribution in [-0.2, 0) is 9.59 Å². The molecule has 2 N–H and O–H groups in total. The van der Waals surface area contributed by atoms with Crippen molar-refractivity contribution in [2.24, 2.45) is 5.10 Å². The van der Waals surface area contributed by atoms with E-state index in [0.29, 0.717) is 5.92 Å². The van der Waals surface area contributed by atoms with Crippen LogP contribution in [0.4, 0.5) is 5.69 Å². The number of carbonyl (C=O) groups excluding carboxylic acids is 2. The predicted octanol–water partition coefficient (Wildman–Crippen LogP) is 5.04. The van der Waals surface area contributed by atoms with Crippen LogP contribution in [0.15, 0.2) is 59.2 Å². The van der Waals surface area contributed by atoms with Crippen molar-refractivity contribution in [3.05, 3.63) is 70.8 Å². The van der Waals surface area contributed by atoms with E-state index in [4.69, 9.17) is 0 Å². The zero-order valence-corrected chi connectivity index (χ0v) is 17.5. The smallest absolute Gasteiger partial charge is 0.240 e. The molecule has 0 aliphatic rings. The zero-order valence-electron chi connectivity index (χ0n) is 17.5. The number of hydrazone groups is 1. The maximum atomic E-state index is 11.9. The number of hydrogen-bond donors (Lipinski definition) is 2. The molecule has 0 saturated carbocycles. The Labute approximate surface area is 172 Å². The summed E-state index contributed by atoms with van der Waals surface area (Å²) in [7, 11) is 0. The third kappa shape index (κ3) is 8.13. The summed E-state index contributed by atoms with van der Waals surface area (Å²) in [6.45, 7) is 8.23. The van der Waals surface area contributed by atoms with E-state index >= 15 is 0 Å². The molecule has 0 unspecified atom stereocenters. The van der Waals surface area contributed by atoms with Crippen molar-refractivity contribution in [3.8, 4) is 0 Å². The molecule has 0 aliphatic heterocycles. The fourth-order valence-electron chi connectivity index (χ4n) is 2.63. The van der Waals surface area contributed by atoms with Crippen LogP contribution in [-0.4, -0.2) is 18.0 Å². The van der Waals surface area contributed by atoms with Gasteiger partial charge in [0, 0.05) is 18.5 Å². The number of allylic oxidation sites excluding steroid dienone is 1. The standard InChI is InChI=1S/C24H29N3O2/c1-17(2)21-9-7-20(8-10-21)15-19(4)16-25-27-24(29)14-13-23(28)26-22-11-5-18(3)6-12-22/h5-12,15-17H,13-14H2,1-4H3,(H,26,28)(H,27,29). The molecular weight excluding hydrogens is 362 g/mol. The van der Waals surface area contributed by atoms with Crippen molar-refractivity contribution in [1.82, 2.24) is 5.43 Å². The van der Waals surface area contributed by atoms with Crippen molar-refractivity contribution in [3.63, 3.8) is 0 Å². The molecule has 2 rings (SSSR count). The van der Waals surface area contributed by atoms with Gasteiger partial charge in [0.1, 0.15) is 0 Å². The third-order valence-corrected chi connectivity index (χ3v) is 4.37. The summed E-state index contributed by atoms with van der Waals surface area (Å²) >= 11 is 0. The van der Waals surface area contributed by atoms with E-state index in [1.54, 1.807) is 6.21 Å². The summed E-state index contributed by atoms with van der Waals surface area (Å²) in [6.07, 6.45) is 3.77. The quantitative estimate of drug-likeness (QED) is 0.489. The highest BCUT2D eigenvalue weighted by atomic mass is 16.2. The maximum absolute atomic E-state index is 11.9. The molecule has 0 atom stereocenters. The number of amides is 2. The molecule has 0 aliphatic carbocycles. The molecule has 29 heavy (non-hydrogen) atoms. The number of benzene rings is 2. The molecular formula is C24H29N3O2. The molecule has 152 valence electrons. The Kier molecular flexibility index (Phi) is 8.34. The highest BCUT2D eigenvalue weighted by molar-refractivity contribution is 5.93. The van der Waals surface area contributed by atoms with Gasteiger partial charge in [0.15, 0.2) is 0 Å². The lowest BCUT2D eigenvalue weighted by Gasteiger charge is -2.05. The molecule has 5 heteroatoms. The molecule has 0 fully saturated rings. The van der Waals surface area contributed by atoms with Crippen LogP contribution in [0.3, 0.4) is 0 Å². The van der Waals surface area contributed by atoms with Gasteiger partial charge in [-0.1, -0.05) is 61.9 Å². The summed E-state index contributed by atoms with van der Waals surface area (Å²) in [6, 6.07) is 15.9. The van der Waals surface area contributed by atoms with Gasteiger partial charge in [-0.05, 0) is 48.6 Å². The highest BCUT2D eigenvalue weighted by Gasteiger charge is 2.06. The van der Waals surface area contributed by atoms with E-state index in [1.165, 1.54) is 5.56 Å². The van der Waals surface area contributed by atoms with Crippen molar-refractivity contribution in [2.45, 2.75) is 46.5 Å². The Morgan fingerprint density at radius 1 is 0.966 bits per heavy atom. The van der Waals surface area contributed by atoms with E-state index in [2.05, 4.69) is 54.0 Å². The first-order valence-electron chi connectivity index (χ1n) is 9.80. The Bertz CT molecular complexity index is 879. The van der Waals surface area contributed by atoms with E-state index in [0.717, 1.165) is 22.4 Å². The summed E-state index contributed by atoms with van der Waals surface area (Å²) in [4.78, 5) is 23.8. The van der Waals surface area contributed by atoms with Crippen molar-refractivity contribution < 1.29 is 9.59 Å². The number of anilines is 1. The molecule has 5 nitrogen and oxygen atoms in total. The minimum absolute atomic E-state index is 0.0778. The summed E-state index contributed by atoms with van der Waals surface area (Å²) in [5.74, 6) is 0.00756. The first-order chi connectivity index (χ1) is 13.8. The SMILES string of the molecule is CC(C=NNC(=O)CCC(=O)Nc1ccc(C)cc1)=Cc1ccc(C(C)C)cc1. The second-order valence-electron chi connectivity index (χ2n) is 7.42. The minimum atomic E-state index is -0.297. The normalized spacial score (nSPS) is 11.7. The number of aryl methyl sites for hydroxylation is 1. The molecule has 0 spiro atoms. The van der Waals surface area contributed by atoms with E-state index in [9.17, 15) is 9.59 Å². The van der Waals surface area contributed by atoms with E-state index in [-0.39, 0.29) is 24.7 Å². The van der Waals surface area contributed by atoms with Gasteiger partial charge in [-0.2, -0.15) is 5.10 Å². The lowest BCUT2D eigenvalue weighted by Crippen LogP contribution is -2.20. The zero-order chi connectivity index (χ0) is 21.2. The number of carbonyl (C=O) groups is 2. The third-order valence-electron chi connectivity index (χ3n) is 4.37. The second kappa shape index (κ2) is 11.0. The van der Waals surface area contributed by atoms with E-state index in [1.807, 2.05) is 44.2 Å². The van der Waals surface area contributed by atoms with Crippen LogP contribution >= 0.6 is 0 Å². The van der Waals surface area contributed by atoms with Gasteiger partial charge in [0.05, 0.1) is 6.21 Å². The highest BCUT2D eigenvalue weighted by Crippen LogP contribution is 2.16. The molecule has 2 aromatic rings. The van der Waals surface area contributed by atoms with Crippen LogP contribution in [0.25, 0.3) is 6.08 Å². The van der Waals surface area contributed by atoms with Crippen molar-refractivity contribution >= 4 is 29.8 Å². The molecule has 2 amide bonds. The molecule has 0 saturated heterocycles. The number of nitrogens with one attached hydrogen (secondary N) is 2. The van der Waals surface area contributed by atoms with Gasteiger partial charge in [0.2, 0.25) is 11.8 Å². The molecule has 0 heterocycles. The van der Waals surface area contributed by atoms with Gasteiger partial charge in [0.25, 0.3) is 0 Å². The number of hydrogen-bond acceptors (Lipinski definition) is 3. The Balaban J connectivity index is 1.75. The van der Waals surface area contributed by atoms with Crippen molar-refractivity contribution in [1.29, 1.82) is 0 Å². The second-order valence-corrected chi connectivity index (χ2v) is 7.42. The topological polar surface area (TPSA) is 70.6 Å². The molecule has 0 bridgehead atoms. The van der Waals surface area contributed by atoms with E-state index < -0.39 is 0 Å². The lowest BCUT2D eigenvalue weighted by molar-refractivity contribution is -0.124. The van der Waals surface area contributed by atoms with Crippen LogP contribution in [0.5, 0.6) is 0 Å². The number of rotatable bonds is 8. The first kappa shape index (κ1) is 22.1. The van der Waals surface area contributed by atoms with Gasteiger partial charge < -0.3 is 5.32 Å². The average molecular weight is 392 g/mol. The van der Waals surface area contributed by atoms with Gasteiger partial charge >= 0.3 is 0 Å². The monoisotopic (exact) mass is 391 g/mol. The lowest BCUT2D eigenvalue weighted by atomic mass is 10.0. The fraction of sp³-hybridized carbons (Fsp3) is 0.292. The molecule has 0 radical (unpaired) electrons. The van der Waals surface area contributed by atoms with Crippen molar-refractivity contribution in [2.75, 3.05) is 5.32 Å². The van der Waals surface area contributed by atoms with Crippen LogP contribution < -0.4 is 10.7 Å². The largest absolute Gasteiger partial charge is 0.326 e. The predicted molar refractivity (Wildman–Crippen MR) is 120 cm³/mol.